The molecule has 0 unspecified atom stereocenters. The molecule has 1 saturated heterocycles. The smallest absolute Gasteiger partial charge is 0.243 e. The number of rotatable bonds is 4. The first-order valence-electron chi connectivity index (χ1n) is 7.98. The van der Waals surface area contributed by atoms with Crippen molar-refractivity contribution in [3.8, 4) is 0 Å². The van der Waals surface area contributed by atoms with Gasteiger partial charge in [0.1, 0.15) is 0 Å². The van der Waals surface area contributed by atoms with Crippen LogP contribution in [0.15, 0.2) is 33.7 Å². The Labute approximate surface area is 137 Å². The maximum atomic E-state index is 13.0. The largest absolute Gasteiger partial charge is 0.359 e. The van der Waals surface area contributed by atoms with Crippen molar-refractivity contribution in [1.29, 1.82) is 0 Å². The molecule has 124 valence electrons. The molecule has 2 heterocycles. The van der Waals surface area contributed by atoms with E-state index in [0.717, 1.165) is 36.1 Å². The molecule has 1 fully saturated rings. The maximum Gasteiger partial charge on any atom is 0.243 e. The van der Waals surface area contributed by atoms with Crippen molar-refractivity contribution in [2.45, 2.75) is 51.0 Å². The van der Waals surface area contributed by atoms with Crippen molar-refractivity contribution in [3.63, 3.8) is 0 Å². The number of sulfonamides is 1. The van der Waals surface area contributed by atoms with Gasteiger partial charge in [-0.25, -0.2) is 8.42 Å². The van der Waals surface area contributed by atoms with Crippen LogP contribution in [0.2, 0.25) is 0 Å². The van der Waals surface area contributed by atoms with Gasteiger partial charge in [0.25, 0.3) is 0 Å². The van der Waals surface area contributed by atoms with Gasteiger partial charge in [0.15, 0.2) is 5.76 Å². The third-order valence-corrected chi connectivity index (χ3v) is 6.46. The second-order valence-electron chi connectivity index (χ2n) is 6.09. The van der Waals surface area contributed by atoms with E-state index in [1.165, 1.54) is 0 Å². The third-order valence-electron chi connectivity index (χ3n) is 4.56. The molecule has 3 rings (SSSR count). The van der Waals surface area contributed by atoms with E-state index in [-0.39, 0.29) is 6.04 Å². The zero-order valence-corrected chi connectivity index (χ0v) is 14.6. The second kappa shape index (κ2) is 6.09. The molecule has 0 N–H and O–H groups in total. The Morgan fingerprint density at radius 3 is 2.70 bits per heavy atom. The van der Waals surface area contributed by atoms with Gasteiger partial charge in [-0.2, -0.15) is 4.31 Å². The number of benzene rings is 1. The second-order valence-corrected chi connectivity index (χ2v) is 7.98. The normalized spacial score (nSPS) is 19.3. The van der Waals surface area contributed by atoms with E-state index >= 15 is 0 Å². The van der Waals surface area contributed by atoms with Crippen LogP contribution in [0.5, 0.6) is 0 Å². The van der Waals surface area contributed by atoms with E-state index < -0.39 is 10.0 Å². The van der Waals surface area contributed by atoms with Crippen LogP contribution >= 0.6 is 0 Å². The minimum absolute atomic E-state index is 0.255. The van der Waals surface area contributed by atoms with Gasteiger partial charge in [-0.1, -0.05) is 18.1 Å². The van der Waals surface area contributed by atoms with Gasteiger partial charge in [0.05, 0.1) is 16.6 Å². The Morgan fingerprint density at radius 2 is 2.04 bits per heavy atom. The summed E-state index contributed by atoms with van der Waals surface area (Å²) in [4.78, 5) is 0.350. The highest BCUT2D eigenvalue weighted by molar-refractivity contribution is 7.89. The Bertz CT molecular complexity index is 811. The van der Waals surface area contributed by atoms with Crippen molar-refractivity contribution in [2.24, 2.45) is 0 Å². The molecule has 23 heavy (non-hydrogen) atoms. The van der Waals surface area contributed by atoms with Crippen LogP contribution in [-0.4, -0.2) is 24.4 Å². The topological polar surface area (TPSA) is 63.4 Å². The molecule has 1 atom stereocenters. The molecular formula is C17H22N2O3S. The standard InChI is InChI=1S/C17H22N2O3S/c1-4-14-11-17(22-18-14)16-6-5-9-19(16)23(20,21)15-8-7-12(2)13(3)10-15/h7-8,10-11,16H,4-6,9H2,1-3H3/t16-/m0/s1. The summed E-state index contributed by atoms with van der Waals surface area (Å²) in [7, 11) is -3.53. The van der Waals surface area contributed by atoms with E-state index in [1.807, 2.05) is 32.9 Å². The molecule has 0 spiro atoms. The Morgan fingerprint density at radius 1 is 1.26 bits per heavy atom. The van der Waals surface area contributed by atoms with E-state index in [2.05, 4.69) is 5.16 Å². The van der Waals surface area contributed by atoms with Gasteiger partial charge in [0.2, 0.25) is 10.0 Å². The summed E-state index contributed by atoms with van der Waals surface area (Å²) in [6.07, 6.45) is 2.37. The molecule has 6 heteroatoms. The number of hydrogen-bond acceptors (Lipinski definition) is 4. The van der Waals surface area contributed by atoms with Crippen LogP contribution in [0.25, 0.3) is 0 Å². The molecule has 0 aliphatic carbocycles. The van der Waals surface area contributed by atoms with E-state index in [9.17, 15) is 8.42 Å². The van der Waals surface area contributed by atoms with E-state index in [4.69, 9.17) is 4.52 Å². The molecule has 0 radical (unpaired) electrons. The third kappa shape index (κ3) is 2.93. The summed E-state index contributed by atoms with van der Waals surface area (Å²) in [6, 6.07) is 6.91. The molecule has 0 amide bonds. The van der Waals surface area contributed by atoms with Gasteiger partial charge < -0.3 is 4.52 Å². The fourth-order valence-electron chi connectivity index (χ4n) is 2.97. The van der Waals surface area contributed by atoms with Crippen molar-refractivity contribution in [3.05, 3.63) is 46.8 Å². The predicted octanol–water partition coefficient (Wildman–Crippen LogP) is 3.38. The fourth-order valence-corrected chi connectivity index (χ4v) is 4.72. The molecule has 5 nitrogen and oxygen atoms in total. The van der Waals surface area contributed by atoms with Crippen LogP contribution in [0.3, 0.4) is 0 Å². The lowest BCUT2D eigenvalue weighted by Crippen LogP contribution is -2.30. The summed E-state index contributed by atoms with van der Waals surface area (Å²) in [5, 5.41) is 4.00. The average Bonchev–Trinajstić information content (AvgIpc) is 3.17. The zero-order chi connectivity index (χ0) is 16.6. The van der Waals surface area contributed by atoms with E-state index in [0.29, 0.717) is 17.2 Å². The van der Waals surface area contributed by atoms with Crippen molar-refractivity contribution >= 4 is 10.0 Å². The van der Waals surface area contributed by atoms with Crippen LogP contribution in [-0.2, 0) is 16.4 Å². The van der Waals surface area contributed by atoms with Gasteiger partial charge in [-0.05, 0) is 56.4 Å². The average molecular weight is 334 g/mol. The molecule has 1 aromatic carbocycles. The first-order chi connectivity index (χ1) is 10.9. The highest BCUT2D eigenvalue weighted by Crippen LogP contribution is 2.37. The summed E-state index contributed by atoms with van der Waals surface area (Å²) < 4.78 is 33.0. The molecule has 1 aromatic heterocycles. The predicted molar refractivity (Wildman–Crippen MR) is 87.7 cm³/mol. The summed E-state index contributed by atoms with van der Waals surface area (Å²) in [5.74, 6) is 0.645. The lowest BCUT2D eigenvalue weighted by molar-refractivity contribution is 0.296. The van der Waals surface area contributed by atoms with Crippen LogP contribution in [0, 0.1) is 13.8 Å². The van der Waals surface area contributed by atoms with Crippen molar-refractivity contribution < 1.29 is 12.9 Å². The Hall–Kier alpha value is -1.66. The van der Waals surface area contributed by atoms with Crippen LogP contribution < -0.4 is 0 Å². The summed E-state index contributed by atoms with van der Waals surface area (Å²) >= 11 is 0. The molecule has 2 aromatic rings. The van der Waals surface area contributed by atoms with Gasteiger partial charge in [0, 0.05) is 12.6 Å². The van der Waals surface area contributed by atoms with E-state index in [1.54, 1.807) is 16.4 Å². The van der Waals surface area contributed by atoms with Crippen molar-refractivity contribution in [1.82, 2.24) is 9.46 Å². The Balaban J connectivity index is 1.96. The number of aromatic nitrogens is 1. The summed E-state index contributed by atoms with van der Waals surface area (Å²) in [6.45, 7) is 6.42. The van der Waals surface area contributed by atoms with Gasteiger partial charge in [-0.3, -0.25) is 0 Å². The highest BCUT2D eigenvalue weighted by atomic mass is 32.2. The molecule has 1 aliphatic heterocycles. The lowest BCUT2D eigenvalue weighted by atomic mass is 10.1. The maximum absolute atomic E-state index is 13.0. The Kier molecular flexibility index (Phi) is 4.29. The first-order valence-corrected chi connectivity index (χ1v) is 9.42. The van der Waals surface area contributed by atoms with Gasteiger partial charge >= 0.3 is 0 Å². The minimum atomic E-state index is -3.53. The number of nitrogens with zero attached hydrogens (tertiary/aromatic N) is 2. The zero-order valence-electron chi connectivity index (χ0n) is 13.7. The molecule has 0 bridgehead atoms. The first kappa shape index (κ1) is 16.2. The quantitative estimate of drug-likeness (QED) is 0.860. The molecule has 1 aliphatic rings. The minimum Gasteiger partial charge on any atom is -0.359 e. The summed E-state index contributed by atoms with van der Waals surface area (Å²) in [5.41, 5.74) is 2.93. The number of hydrogen-bond donors (Lipinski definition) is 0. The van der Waals surface area contributed by atoms with Crippen molar-refractivity contribution in [2.75, 3.05) is 6.54 Å². The highest BCUT2D eigenvalue weighted by Gasteiger charge is 2.38. The molecular weight excluding hydrogens is 312 g/mol. The number of aryl methyl sites for hydroxylation is 3. The van der Waals surface area contributed by atoms with Gasteiger partial charge in [-0.15, -0.1) is 0 Å². The van der Waals surface area contributed by atoms with Crippen LogP contribution in [0.4, 0.5) is 0 Å². The SMILES string of the molecule is CCc1cc([C@@H]2CCCN2S(=O)(=O)c2ccc(C)c(C)c2)on1. The van der Waals surface area contributed by atoms with Crippen LogP contribution in [0.1, 0.15) is 48.4 Å². The lowest BCUT2D eigenvalue weighted by Gasteiger charge is -2.22. The monoisotopic (exact) mass is 334 g/mol. The molecule has 0 saturated carbocycles. The fraction of sp³-hybridized carbons (Fsp3) is 0.471.